The Bertz CT molecular complexity index is 593. The van der Waals surface area contributed by atoms with Crippen LogP contribution in [0.4, 0.5) is 5.69 Å². The summed E-state index contributed by atoms with van der Waals surface area (Å²) in [7, 11) is 0. The van der Waals surface area contributed by atoms with E-state index in [1.165, 1.54) is 22.4 Å². The number of hydrogen-bond donors (Lipinski definition) is 3. The predicted molar refractivity (Wildman–Crippen MR) is 74.7 cm³/mol. The van der Waals surface area contributed by atoms with Crippen molar-refractivity contribution in [1.29, 1.82) is 0 Å². The molecule has 0 aromatic heterocycles. The fourth-order valence-electron chi connectivity index (χ4n) is 3.67. The number of benzene rings is 1. The van der Waals surface area contributed by atoms with E-state index >= 15 is 0 Å². The lowest BCUT2D eigenvalue weighted by atomic mass is 9.75. The van der Waals surface area contributed by atoms with Crippen molar-refractivity contribution in [1.82, 2.24) is 5.32 Å². The van der Waals surface area contributed by atoms with Crippen molar-refractivity contribution >= 4 is 17.2 Å². The SMILES string of the molecule is NC(=O)C1C=C2c3cccc4c3C(CN4)CC2NC1. The van der Waals surface area contributed by atoms with E-state index < -0.39 is 0 Å². The lowest BCUT2D eigenvalue weighted by molar-refractivity contribution is -0.120. The molecule has 3 aliphatic rings. The lowest BCUT2D eigenvalue weighted by Gasteiger charge is -2.36. The molecule has 98 valence electrons. The van der Waals surface area contributed by atoms with Gasteiger partial charge in [0.05, 0.1) is 5.92 Å². The fraction of sp³-hybridized carbons (Fsp3) is 0.400. The average Bonchev–Trinajstić information content (AvgIpc) is 2.83. The van der Waals surface area contributed by atoms with Gasteiger partial charge < -0.3 is 16.4 Å². The summed E-state index contributed by atoms with van der Waals surface area (Å²) in [5.41, 5.74) is 10.7. The van der Waals surface area contributed by atoms with Crippen molar-refractivity contribution in [2.24, 2.45) is 11.7 Å². The first-order valence-corrected chi connectivity index (χ1v) is 6.85. The summed E-state index contributed by atoms with van der Waals surface area (Å²) in [4.78, 5) is 11.4. The van der Waals surface area contributed by atoms with Crippen LogP contribution in [0.15, 0.2) is 24.3 Å². The Kier molecular flexibility index (Phi) is 2.23. The van der Waals surface area contributed by atoms with E-state index in [-0.39, 0.29) is 11.8 Å². The van der Waals surface area contributed by atoms with Crippen molar-refractivity contribution in [3.05, 3.63) is 35.4 Å². The highest BCUT2D eigenvalue weighted by molar-refractivity contribution is 5.86. The maximum Gasteiger partial charge on any atom is 0.225 e. The summed E-state index contributed by atoms with van der Waals surface area (Å²) in [6.07, 6.45) is 3.18. The van der Waals surface area contributed by atoms with Gasteiger partial charge in [-0.3, -0.25) is 4.79 Å². The monoisotopic (exact) mass is 255 g/mol. The summed E-state index contributed by atoms with van der Waals surface area (Å²) in [6, 6.07) is 6.76. The molecular formula is C15H17N3O. The summed E-state index contributed by atoms with van der Waals surface area (Å²) in [5.74, 6) is 0.158. The molecule has 4 N–H and O–H groups in total. The van der Waals surface area contributed by atoms with Crippen LogP contribution in [0.5, 0.6) is 0 Å². The minimum Gasteiger partial charge on any atom is -0.384 e. The van der Waals surface area contributed by atoms with Gasteiger partial charge in [-0.25, -0.2) is 0 Å². The van der Waals surface area contributed by atoms with Gasteiger partial charge in [-0.2, -0.15) is 0 Å². The molecule has 0 radical (unpaired) electrons. The topological polar surface area (TPSA) is 67.2 Å². The van der Waals surface area contributed by atoms with Gasteiger partial charge in [-0.15, -0.1) is 0 Å². The van der Waals surface area contributed by atoms with E-state index in [1.54, 1.807) is 0 Å². The molecule has 19 heavy (non-hydrogen) atoms. The smallest absolute Gasteiger partial charge is 0.225 e. The minimum absolute atomic E-state index is 0.187. The molecule has 1 aromatic carbocycles. The standard InChI is InChI=1S/C15H17N3O/c16-15(19)9-4-11-10-2-1-3-12-14(10)8(6-17-12)5-13(11)18-7-9/h1-4,8-9,13,17-18H,5-7H2,(H2,16,19). The van der Waals surface area contributed by atoms with E-state index in [1.807, 2.05) is 0 Å². The summed E-state index contributed by atoms with van der Waals surface area (Å²) < 4.78 is 0. The van der Waals surface area contributed by atoms with Crippen LogP contribution in [0.1, 0.15) is 23.5 Å². The molecule has 4 rings (SSSR count). The molecule has 0 saturated carbocycles. The Hall–Kier alpha value is -1.81. The number of carbonyl (C=O) groups excluding carboxylic acids is 1. The minimum atomic E-state index is -0.244. The van der Waals surface area contributed by atoms with Crippen LogP contribution in [0.2, 0.25) is 0 Å². The van der Waals surface area contributed by atoms with Crippen molar-refractivity contribution in [2.45, 2.75) is 18.4 Å². The van der Waals surface area contributed by atoms with E-state index in [0.29, 0.717) is 18.5 Å². The number of nitrogens with one attached hydrogen (secondary N) is 2. The third-order valence-corrected chi connectivity index (χ3v) is 4.59. The van der Waals surface area contributed by atoms with Crippen LogP contribution in [-0.2, 0) is 4.79 Å². The van der Waals surface area contributed by atoms with Gasteiger partial charge in [-0.1, -0.05) is 18.2 Å². The summed E-state index contributed by atoms with van der Waals surface area (Å²) in [5, 5.41) is 6.96. The number of amides is 1. The lowest BCUT2D eigenvalue weighted by Crippen LogP contribution is -2.44. The summed E-state index contributed by atoms with van der Waals surface area (Å²) >= 11 is 0. The third-order valence-electron chi connectivity index (χ3n) is 4.59. The third kappa shape index (κ3) is 1.53. The molecule has 0 saturated heterocycles. The highest BCUT2D eigenvalue weighted by atomic mass is 16.1. The molecule has 2 aliphatic heterocycles. The van der Waals surface area contributed by atoms with Gasteiger partial charge >= 0.3 is 0 Å². The van der Waals surface area contributed by atoms with Gasteiger partial charge in [0, 0.05) is 30.7 Å². The molecule has 2 heterocycles. The molecule has 3 unspecified atom stereocenters. The van der Waals surface area contributed by atoms with Crippen LogP contribution >= 0.6 is 0 Å². The Balaban J connectivity index is 1.86. The maximum atomic E-state index is 11.4. The van der Waals surface area contributed by atoms with Gasteiger partial charge in [-0.05, 0) is 29.2 Å². The van der Waals surface area contributed by atoms with Crippen molar-refractivity contribution in [3.63, 3.8) is 0 Å². The van der Waals surface area contributed by atoms with Crippen LogP contribution in [0.3, 0.4) is 0 Å². The predicted octanol–water partition coefficient (Wildman–Crippen LogP) is 1.06. The quantitative estimate of drug-likeness (QED) is 0.703. The second-order valence-corrected chi connectivity index (χ2v) is 5.67. The molecule has 0 fully saturated rings. The molecular weight excluding hydrogens is 238 g/mol. The van der Waals surface area contributed by atoms with Crippen LogP contribution in [-0.4, -0.2) is 25.0 Å². The molecule has 3 atom stereocenters. The molecule has 1 aromatic rings. The van der Waals surface area contributed by atoms with Gasteiger partial charge in [0.1, 0.15) is 0 Å². The second kappa shape index (κ2) is 3.84. The first kappa shape index (κ1) is 11.1. The van der Waals surface area contributed by atoms with Crippen molar-refractivity contribution in [3.8, 4) is 0 Å². The second-order valence-electron chi connectivity index (χ2n) is 5.67. The highest BCUT2D eigenvalue weighted by Gasteiger charge is 2.37. The molecule has 1 amide bonds. The normalized spacial score (nSPS) is 30.9. The number of fused-ring (bicyclic) bond motifs is 2. The first-order valence-electron chi connectivity index (χ1n) is 6.85. The molecule has 0 bridgehead atoms. The maximum absolute atomic E-state index is 11.4. The van der Waals surface area contributed by atoms with E-state index in [2.05, 4.69) is 34.9 Å². The zero-order chi connectivity index (χ0) is 13.0. The fourth-order valence-corrected chi connectivity index (χ4v) is 3.67. The zero-order valence-electron chi connectivity index (χ0n) is 10.6. The van der Waals surface area contributed by atoms with Crippen molar-refractivity contribution in [2.75, 3.05) is 18.4 Å². The van der Waals surface area contributed by atoms with Crippen LogP contribution in [0.25, 0.3) is 5.57 Å². The Morgan fingerprint density at radius 1 is 1.32 bits per heavy atom. The molecule has 4 nitrogen and oxygen atoms in total. The molecule has 0 spiro atoms. The summed E-state index contributed by atoms with van der Waals surface area (Å²) in [6.45, 7) is 1.69. The molecule has 4 heteroatoms. The molecule has 1 aliphatic carbocycles. The number of hydrogen-bond acceptors (Lipinski definition) is 3. The number of primary amides is 1. The van der Waals surface area contributed by atoms with E-state index in [9.17, 15) is 4.79 Å². The first-order chi connectivity index (χ1) is 9.24. The van der Waals surface area contributed by atoms with E-state index in [4.69, 9.17) is 5.73 Å². The average molecular weight is 255 g/mol. The number of nitrogens with two attached hydrogens (primary N) is 1. The van der Waals surface area contributed by atoms with E-state index in [0.717, 1.165) is 13.0 Å². The highest BCUT2D eigenvalue weighted by Crippen LogP contribution is 2.46. The van der Waals surface area contributed by atoms with Gasteiger partial charge in [0.2, 0.25) is 5.91 Å². The van der Waals surface area contributed by atoms with Crippen LogP contribution in [0, 0.1) is 5.92 Å². The largest absolute Gasteiger partial charge is 0.384 e. The number of rotatable bonds is 1. The van der Waals surface area contributed by atoms with Crippen molar-refractivity contribution < 1.29 is 4.79 Å². The number of anilines is 1. The van der Waals surface area contributed by atoms with Gasteiger partial charge in [0.25, 0.3) is 0 Å². The Labute approximate surface area is 112 Å². The van der Waals surface area contributed by atoms with Gasteiger partial charge in [0.15, 0.2) is 0 Å². The Morgan fingerprint density at radius 3 is 3.05 bits per heavy atom. The van der Waals surface area contributed by atoms with Crippen LogP contribution < -0.4 is 16.4 Å². The number of carbonyl (C=O) groups is 1. The Morgan fingerprint density at radius 2 is 2.21 bits per heavy atom. The zero-order valence-corrected chi connectivity index (χ0v) is 10.6.